The summed E-state index contributed by atoms with van der Waals surface area (Å²) in [5.74, 6) is 0. The molecule has 0 aliphatic carbocycles. The van der Waals surface area contributed by atoms with Crippen LogP contribution in [0.2, 0.25) is 0 Å². The average molecular weight is 208 g/mol. The van der Waals surface area contributed by atoms with E-state index in [0.717, 1.165) is 0 Å². The van der Waals surface area contributed by atoms with Crippen LogP contribution in [-0.2, 0) is 0 Å². The Balaban J connectivity index is 3.16. The Labute approximate surface area is 89.3 Å². The van der Waals surface area contributed by atoms with E-state index >= 15 is 0 Å². The van der Waals surface area contributed by atoms with Crippen LogP contribution in [0.15, 0.2) is 24.3 Å². The zero-order chi connectivity index (χ0) is 11.6. The van der Waals surface area contributed by atoms with Crippen molar-refractivity contribution in [3.63, 3.8) is 0 Å². The topological polar surface area (TPSA) is 66.6 Å². The van der Waals surface area contributed by atoms with Gasteiger partial charge >= 0.3 is 6.09 Å². The summed E-state index contributed by atoms with van der Waals surface area (Å²) in [6.07, 6.45) is -0.979. The van der Waals surface area contributed by atoms with Gasteiger partial charge in [-0.05, 0) is 39.0 Å². The molecule has 1 rings (SSSR count). The highest BCUT2D eigenvalue weighted by Gasteiger charge is 2.27. The van der Waals surface area contributed by atoms with E-state index in [0.29, 0.717) is 11.4 Å². The highest BCUT2D eigenvalue weighted by atomic mass is 16.4. The average Bonchev–Trinajstić information content (AvgIpc) is 1.99. The molecule has 1 aromatic carbocycles. The molecule has 0 heterocycles. The molecule has 4 heteroatoms. The maximum absolute atomic E-state index is 11.1. The molecular formula is C11H16N2O2. The molecule has 15 heavy (non-hydrogen) atoms. The molecule has 0 bridgehead atoms. The molecule has 82 valence electrons. The third kappa shape index (κ3) is 2.62. The minimum absolute atomic E-state index is 0.486. The first-order valence-corrected chi connectivity index (χ1v) is 4.71. The van der Waals surface area contributed by atoms with Gasteiger partial charge in [0.25, 0.3) is 0 Å². The van der Waals surface area contributed by atoms with Crippen LogP contribution in [0.4, 0.5) is 16.2 Å². The van der Waals surface area contributed by atoms with Gasteiger partial charge < -0.3 is 10.8 Å². The first-order chi connectivity index (χ1) is 6.82. The lowest BCUT2D eigenvalue weighted by atomic mass is 10.1. The zero-order valence-corrected chi connectivity index (χ0v) is 9.19. The fraction of sp³-hybridized carbons (Fsp3) is 0.364. The molecule has 1 amide bonds. The van der Waals surface area contributed by atoms with Crippen molar-refractivity contribution in [2.24, 2.45) is 0 Å². The van der Waals surface area contributed by atoms with Crippen LogP contribution in [0.5, 0.6) is 0 Å². The van der Waals surface area contributed by atoms with Crippen LogP contribution in [0.25, 0.3) is 0 Å². The van der Waals surface area contributed by atoms with E-state index in [-0.39, 0.29) is 0 Å². The number of hydrogen-bond donors (Lipinski definition) is 2. The van der Waals surface area contributed by atoms with Crippen LogP contribution >= 0.6 is 0 Å². The van der Waals surface area contributed by atoms with Crippen molar-refractivity contribution in [1.29, 1.82) is 0 Å². The number of rotatable bonds is 1. The lowest BCUT2D eigenvalue weighted by Crippen LogP contribution is -2.45. The first kappa shape index (κ1) is 11.4. The van der Waals surface area contributed by atoms with Crippen molar-refractivity contribution in [2.45, 2.75) is 26.3 Å². The predicted molar refractivity (Wildman–Crippen MR) is 61.1 cm³/mol. The van der Waals surface area contributed by atoms with E-state index in [1.165, 1.54) is 4.90 Å². The van der Waals surface area contributed by atoms with E-state index in [4.69, 9.17) is 10.8 Å². The standard InChI is InChI=1S/C11H16N2O2/c1-11(2,3)13(10(14)15)9-6-4-5-8(12)7-9/h4-7H,12H2,1-3H3,(H,14,15). The summed E-state index contributed by atoms with van der Waals surface area (Å²) in [5.41, 5.74) is 6.28. The summed E-state index contributed by atoms with van der Waals surface area (Å²) >= 11 is 0. The predicted octanol–water partition coefficient (Wildman–Crippen LogP) is 2.55. The van der Waals surface area contributed by atoms with Crippen molar-refractivity contribution in [2.75, 3.05) is 10.6 Å². The van der Waals surface area contributed by atoms with E-state index in [1.807, 2.05) is 20.8 Å². The number of anilines is 2. The van der Waals surface area contributed by atoms with E-state index < -0.39 is 11.6 Å². The molecule has 0 radical (unpaired) electrons. The lowest BCUT2D eigenvalue weighted by Gasteiger charge is -2.33. The van der Waals surface area contributed by atoms with Gasteiger partial charge in [-0.2, -0.15) is 0 Å². The summed E-state index contributed by atoms with van der Waals surface area (Å²) in [5, 5.41) is 9.14. The second-order valence-electron chi connectivity index (χ2n) is 4.38. The van der Waals surface area contributed by atoms with Gasteiger partial charge in [-0.1, -0.05) is 6.07 Å². The van der Waals surface area contributed by atoms with Crippen molar-refractivity contribution < 1.29 is 9.90 Å². The highest BCUT2D eigenvalue weighted by molar-refractivity contribution is 5.88. The molecule has 1 aromatic rings. The Morgan fingerprint density at radius 3 is 2.40 bits per heavy atom. The third-order valence-electron chi connectivity index (χ3n) is 1.99. The molecule has 0 fully saturated rings. The Morgan fingerprint density at radius 1 is 1.40 bits per heavy atom. The first-order valence-electron chi connectivity index (χ1n) is 4.71. The van der Waals surface area contributed by atoms with Gasteiger partial charge in [0, 0.05) is 16.9 Å². The summed E-state index contributed by atoms with van der Waals surface area (Å²) in [4.78, 5) is 12.4. The number of carbonyl (C=O) groups is 1. The minimum Gasteiger partial charge on any atom is -0.465 e. The molecule has 0 aliphatic rings. The van der Waals surface area contributed by atoms with Gasteiger partial charge in [0.2, 0.25) is 0 Å². The second-order valence-corrected chi connectivity index (χ2v) is 4.38. The molecule has 4 nitrogen and oxygen atoms in total. The van der Waals surface area contributed by atoms with Crippen LogP contribution in [0.3, 0.4) is 0 Å². The lowest BCUT2D eigenvalue weighted by molar-refractivity contribution is 0.195. The molecule has 0 saturated carbocycles. The monoisotopic (exact) mass is 208 g/mol. The number of nitrogens with two attached hydrogens (primary N) is 1. The molecule has 3 N–H and O–H groups in total. The molecule has 0 unspecified atom stereocenters. The van der Waals surface area contributed by atoms with Crippen molar-refractivity contribution in [3.8, 4) is 0 Å². The second kappa shape index (κ2) is 3.81. The number of amides is 1. The van der Waals surface area contributed by atoms with Gasteiger partial charge in [0.1, 0.15) is 0 Å². The maximum Gasteiger partial charge on any atom is 0.412 e. The van der Waals surface area contributed by atoms with Crippen molar-refractivity contribution in [1.82, 2.24) is 0 Å². The van der Waals surface area contributed by atoms with Crippen LogP contribution in [0.1, 0.15) is 20.8 Å². The molecule has 0 spiro atoms. The number of benzene rings is 1. The fourth-order valence-corrected chi connectivity index (χ4v) is 1.45. The van der Waals surface area contributed by atoms with Gasteiger partial charge in [0.05, 0.1) is 0 Å². The maximum atomic E-state index is 11.1. The summed E-state index contributed by atoms with van der Waals surface area (Å²) in [7, 11) is 0. The molecule has 0 atom stereocenters. The number of hydrogen-bond acceptors (Lipinski definition) is 2. The normalized spacial score (nSPS) is 11.1. The Bertz CT molecular complexity index is 369. The number of carboxylic acid groups (broad SMARTS) is 1. The van der Waals surface area contributed by atoms with Gasteiger partial charge in [-0.3, -0.25) is 4.90 Å². The minimum atomic E-state index is -0.979. The summed E-state index contributed by atoms with van der Waals surface area (Å²) in [6.45, 7) is 5.51. The molecule has 0 saturated heterocycles. The molecule has 0 aliphatic heterocycles. The SMILES string of the molecule is CC(C)(C)N(C(=O)O)c1cccc(N)c1. The fourth-order valence-electron chi connectivity index (χ4n) is 1.45. The smallest absolute Gasteiger partial charge is 0.412 e. The highest BCUT2D eigenvalue weighted by Crippen LogP contribution is 2.25. The van der Waals surface area contributed by atoms with E-state index in [1.54, 1.807) is 24.3 Å². The Morgan fingerprint density at radius 2 is 2.00 bits per heavy atom. The number of nitrogen functional groups attached to an aromatic ring is 1. The van der Waals surface area contributed by atoms with Crippen molar-refractivity contribution in [3.05, 3.63) is 24.3 Å². The van der Waals surface area contributed by atoms with Gasteiger partial charge in [0.15, 0.2) is 0 Å². The van der Waals surface area contributed by atoms with E-state index in [2.05, 4.69) is 0 Å². The molecular weight excluding hydrogens is 192 g/mol. The largest absolute Gasteiger partial charge is 0.465 e. The van der Waals surface area contributed by atoms with Crippen LogP contribution < -0.4 is 10.6 Å². The van der Waals surface area contributed by atoms with Gasteiger partial charge in [-0.15, -0.1) is 0 Å². The number of nitrogens with zero attached hydrogens (tertiary/aromatic N) is 1. The summed E-state index contributed by atoms with van der Waals surface area (Å²) < 4.78 is 0. The summed E-state index contributed by atoms with van der Waals surface area (Å²) in [6, 6.07) is 6.85. The Hall–Kier alpha value is -1.71. The molecule has 0 aromatic heterocycles. The van der Waals surface area contributed by atoms with Crippen LogP contribution in [-0.4, -0.2) is 16.7 Å². The Kier molecular flexibility index (Phi) is 2.88. The third-order valence-corrected chi connectivity index (χ3v) is 1.99. The van der Waals surface area contributed by atoms with Gasteiger partial charge in [-0.25, -0.2) is 4.79 Å². The van der Waals surface area contributed by atoms with E-state index in [9.17, 15) is 4.79 Å². The quantitative estimate of drug-likeness (QED) is 0.697. The van der Waals surface area contributed by atoms with Crippen LogP contribution in [0, 0.1) is 0 Å². The zero-order valence-electron chi connectivity index (χ0n) is 9.19. The van der Waals surface area contributed by atoms with Crippen molar-refractivity contribution >= 4 is 17.5 Å².